The number of hydrogen-bond donors (Lipinski definition) is 2. The highest BCUT2D eigenvalue weighted by atomic mass is 32.2. The quantitative estimate of drug-likeness (QED) is 0.894. The van der Waals surface area contributed by atoms with Crippen molar-refractivity contribution in [1.82, 2.24) is 4.98 Å². The largest absolute Gasteiger partial charge is 0.324 e. The second kappa shape index (κ2) is 5.87. The van der Waals surface area contributed by atoms with Gasteiger partial charge in [-0.25, -0.2) is 0 Å². The Labute approximate surface area is 128 Å². The molecule has 5 heteroatoms. The Bertz CT molecular complexity index is 673. The van der Waals surface area contributed by atoms with Gasteiger partial charge in [0.2, 0.25) is 0 Å². The predicted molar refractivity (Wildman–Crippen MR) is 85.6 cm³/mol. The second-order valence-electron chi connectivity index (χ2n) is 5.09. The van der Waals surface area contributed by atoms with Gasteiger partial charge in [0.15, 0.2) is 0 Å². The summed E-state index contributed by atoms with van der Waals surface area (Å²) in [7, 11) is 0. The average Bonchev–Trinajstić information content (AvgIpc) is 2.49. The molecule has 1 aliphatic rings. The molecule has 0 saturated heterocycles. The third-order valence-corrected chi connectivity index (χ3v) is 4.96. The SMILES string of the molecule is Cc1c(C(=O)Nc2ccncc2)ccc2c1SCCC2N. The topological polar surface area (TPSA) is 68.0 Å². The van der Waals surface area contributed by atoms with E-state index < -0.39 is 0 Å². The number of nitrogens with one attached hydrogen (secondary N) is 1. The first-order valence-electron chi connectivity index (χ1n) is 6.90. The first-order chi connectivity index (χ1) is 10.2. The van der Waals surface area contributed by atoms with Crippen LogP contribution in [-0.4, -0.2) is 16.6 Å². The molecule has 2 aromatic rings. The molecule has 1 aromatic carbocycles. The molecule has 4 nitrogen and oxygen atoms in total. The maximum atomic E-state index is 12.4. The third kappa shape index (κ3) is 2.80. The van der Waals surface area contributed by atoms with E-state index in [0.717, 1.165) is 33.9 Å². The second-order valence-corrected chi connectivity index (χ2v) is 6.20. The summed E-state index contributed by atoms with van der Waals surface area (Å²) < 4.78 is 0. The summed E-state index contributed by atoms with van der Waals surface area (Å²) in [5.74, 6) is 0.908. The molecule has 1 amide bonds. The number of amides is 1. The minimum Gasteiger partial charge on any atom is -0.324 e. The number of aromatic nitrogens is 1. The van der Waals surface area contributed by atoms with Gasteiger partial charge in [0.1, 0.15) is 0 Å². The van der Waals surface area contributed by atoms with Crippen LogP contribution in [0.5, 0.6) is 0 Å². The Balaban J connectivity index is 1.91. The van der Waals surface area contributed by atoms with Crippen LogP contribution in [0.1, 0.15) is 33.9 Å². The summed E-state index contributed by atoms with van der Waals surface area (Å²) in [4.78, 5) is 17.5. The normalized spacial score (nSPS) is 17.1. The Morgan fingerprint density at radius 1 is 1.33 bits per heavy atom. The van der Waals surface area contributed by atoms with E-state index in [4.69, 9.17) is 5.73 Å². The van der Waals surface area contributed by atoms with Crippen molar-refractivity contribution in [2.24, 2.45) is 5.73 Å². The van der Waals surface area contributed by atoms with Crippen molar-refractivity contribution >= 4 is 23.4 Å². The smallest absolute Gasteiger partial charge is 0.255 e. The van der Waals surface area contributed by atoms with Gasteiger partial charge in [-0.3, -0.25) is 9.78 Å². The minimum absolute atomic E-state index is 0.0808. The molecule has 2 heterocycles. The van der Waals surface area contributed by atoms with E-state index >= 15 is 0 Å². The molecular formula is C16H17N3OS. The molecule has 1 unspecified atom stereocenters. The molecule has 1 aliphatic heterocycles. The van der Waals surface area contributed by atoms with Crippen LogP contribution in [0.3, 0.4) is 0 Å². The molecule has 3 N–H and O–H groups in total. The van der Waals surface area contributed by atoms with E-state index in [1.807, 2.05) is 19.1 Å². The van der Waals surface area contributed by atoms with Gasteiger partial charge in [0.25, 0.3) is 5.91 Å². The van der Waals surface area contributed by atoms with Crippen molar-refractivity contribution in [3.05, 3.63) is 53.3 Å². The van der Waals surface area contributed by atoms with Gasteiger partial charge in [0, 0.05) is 34.6 Å². The van der Waals surface area contributed by atoms with Gasteiger partial charge < -0.3 is 11.1 Å². The van der Waals surface area contributed by atoms with E-state index in [-0.39, 0.29) is 11.9 Å². The fourth-order valence-electron chi connectivity index (χ4n) is 2.52. The Hall–Kier alpha value is -1.85. The monoisotopic (exact) mass is 299 g/mol. The maximum Gasteiger partial charge on any atom is 0.255 e. The molecule has 3 rings (SSSR count). The maximum absolute atomic E-state index is 12.4. The van der Waals surface area contributed by atoms with Crippen molar-refractivity contribution in [2.75, 3.05) is 11.1 Å². The first-order valence-corrected chi connectivity index (χ1v) is 7.88. The van der Waals surface area contributed by atoms with Crippen molar-refractivity contribution in [1.29, 1.82) is 0 Å². The molecule has 0 fully saturated rings. The molecule has 0 bridgehead atoms. The predicted octanol–water partition coefficient (Wildman–Crippen LogP) is 3.14. The van der Waals surface area contributed by atoms with Crippen molar-refractivity contribution in [3.8, 4) is 0 Å². The summed E-state index contributed by atoms with van der Waals surface area (Å²) >= 11 is 1.79. The number of nitrogens with two attached hydrogens (primary N) is 1. The summed E-state index contributed by atoms with van der Waals surface area (Å²) in [6.07, 6.45) is 4.30. The number of pyridine rings is 1. The Morgan fingerprint density at radius 3 is 2.86 bits per heavy atom. The minimum atomic E-state index is -0.0961. The number of nitrogens with zero attached hydrogens (tertiary/aromatic N) is 1. The molecule has 21 heavy (non-hydrogen) atoms. The molecule has 0 spiro atoms. The summed E-state index contributed by atoms with van der Waals surface area (Å²) in [6, 6.07) is 7.49. The number of thioether (sulfide) groups is 1. The number of carbonyl (C=O) groups is 1. The van der Waals surface area contributed by atoms with Gasteiger partial charge in [0.05, 0.1) is 0 Å². The van der Waals surface area contributed by atoms with Crippen molar-refractivity contribution in [3.63, 3.8) is 0 Å². The van der Waals surface area contributed by atoms with Crippen LogP contribution in [0.15, 0.2) is 41.6 Å². The van der Waals surface area contributed by atoms with Gasteiger partial charge >= 0.3 is 0 Å². The van der Waals surface area contributed by atoms with E-state index in [1.165, 1.54) is 0 Å². The van der Waals surface area contributed by atoms with Crippen LogP contribution in [0.4, 0.5) is 5.69 Å². The number of fused-ring (bicyclic) bond motifs is 1. The van der Waals surface area contributed by atoms with Gasteiger partial charge in [-0.2, -0.15) is 0 Å². The van der Waals surface area contributed by atoms with Gasteiger partial charge in [-0.05, 0) is 48.4 Å². The third-order valence-electron chi connectivity index (χ3n) is 3.69. The van der Waals surface area contributed by atoms with E-state index in [2.05, 4.69) is 10.3 Å². The molecule has 0 saturated carbocycles. The lowest BCUT2D eigenvalue weighted by Gasteiger charge is -2.24. The standard InChI is InChI=1S/C16H17N3OS/c1-10-12(16(20)19-11-4-7-18-8-5-11)2-3-13-14(17)6-9-21-15(10)13/h2-5,7-8,14H,6,9,17H2,1H3,(H,18,19,20). The molecule has 0 radical (unpaired) electrons. The average molecular weight is 299 g/mol. The molecular weight excluding hydrogens is 282 g/mol. The fourth-order valence-corrected chi connectivity index (χ4v) is 3.81. The lowest BCUT2D eigenvalue weighted by molar-refractivity contribution is 0.102. The van der Waals surface area contributed by atoms with Crippen LogP contribution >= 0.6 is 11.8 Å². The first kappa shape index (κ1) is 14.1. The zero-order valence-corrected chi connectivity index (χ0v) is 12.6. The fraction of sp³-hybridized carbons (Fsp3) is 0.250. The summed E-state index contributed by atoms with van der Waals surface area (Å²) in [5.41, 5.74) is 9.76. The van der Waals surface area contributed by atoms with Gasteiger partial charge in [-0.15, -0.1) is 11.8 Å². The van der Waals surface area contributed by atoms with E-state index in [1.54, 1.807) is 36.3 Å². The summed E-state index contributed by atoms with van der Waals surface area (Å²) in [5, 5.41) is 2.90. The van der Waals surface area contributed by atoms with Crippen LogP contribution in [0.2, 0.25) is 0 Å². The zero-order valence-electron chi connectivity index (χ0n) is 11.8. The van der Waals surface area contributed by atoms with Crippen LogP contribution in [0.25, 0.3) is 0 Å². The number of hydrogen-bond acceptors (Lipinski definition) is 4. The number of benzene rings is 1. The Morgan fingerprint density at radius 2 is 2.10 bits per heavy atom. The zero-order chi connectivity index (χ0) is 14.8. The van der Waals surface area contributed by atoms with Crippen molar-refractivity contribution in [2.45, 2.75) is 24.3 Å². The molecule has 0 aliphatic carbocycles. The lowest BCUT2D eigenvalue weighted by atomic mass is 9.98. The number of carbonyl (C=O) groups excluding carboxylic acids is 1. The van der Waals surface area contributed by atoms with E-state index in [9.17, 15) is 4.79 Å². The van der Waals surface area contributed by atoms with Crippen LogP contribution in [-0.2, 0) is 0 Å². The molecule has 108 valence electrons. The Kier molecular flexibility index (Phi) is 3.94. The summed E-state index contributed by atoms with van der Waals surface area (Å²) in [6.45, 7) is 1.99. The highest BCUT2D eigenvalue weighted by Gasteiger charge is 2.22. The molecule has 1 aromatic heterocycles. The lowest BCUT2D eigenvalue weighted by Crippen LogP contribution is -2.19. The van der Waals surface area contributed by atoms with Crippen LogP contribution < -0.4 is 11.1 Å². The van der Waals surface area contributed by atoms with Crippen molar-refractivity contribution < 1.29 is 4.79 Å². The highest BCUT2D eigenvalue weighted by Crippen LogP contribution is 2.38. The highest BCUT2D eigenvalue weighted by molar-refractivity contribution is 7.99. The molecule has 1 atom stereocenters. The van der Waals surface area contributed by atoms with Gasteiger partial charge in [-0.1, -0.05) is 6.07 Å². The number of anilines is 1. The number of rotatable bonds is 2. The van der Waals surface area contributed by atoms with Crippen LogP contribution in [0, 0.1) is 6.92 Å². The van der Waals surface area contributed by atoms with E-state index in [0.29, 0.717) is 5.56 Å².